The van der Waals surface area contributed by atoms with Gasteiger partial charge in [0.05, 0.1) is 5.52 Å². The van der Waals surface area contributed by atoms with Crippen molar-refractivity contribution < 1.29 is 4.74 Å². The summed E-state index contributed by atoms with van der Waals surface area (Å²) in [4.78, 5) is 12.3. The molecule has 0 fully saturated rings. The van der Waals surface area contributed by atoms with Crippen LogP contribution in [-0.2, 0) is 6.54 Å². The number of fused-ring (bicyclic) bond motifs is 1. The molecule has 0 saturated heterocycles. The Morgan fingerprint density at radius 3 is 2.74 bits per heavy atom. The molecule has 0 bridgehead atoms. The van der Waals surface area contributed by atoms with E-state index in [2.05, 4.69) is 0 Å². The maximum atomic E-state index is 12.3. The Morgan fingerprint density at radius 2 is 2.05 bits per heavy atom. The minimum Gasteiger partial charge on any atom is -0.484 e. The highest BCUT2D eigenvalue weighted by Gasteiger charge is 2.08. The van der Waals surface area contributed by atoms with Crippen LogP contribution in [0.1, 0.15) is 20.8 Å². The van der Waals surface area contributed by atoms with E-state index in [0.717, 1.165) is 10.9 Å². The number of hydrogen-bond donors (Lipinski definition) is 0. The van der Waals surface area contributed by atoms with Crippen molar-refractivity contribution in [3.8, 4) is 5.75 Å². The minimum absolute atomic E-state index is 0.0663. The third-order valence-corrected chi connectivity index (χ3v) is 3.02. The fourth-order valence-electron chi connectivity index (χ4n) is 2.02. The zero-order valence-corrected chi connectivity index (χ0v) is 11.6. The normalized spacial score (nSPS) is 10.5. The molecule has 0 saturated carbocycles. The van der Waals surface area contributed by atoms with Crippen LogP contribution >= 0.6 is 0 Å². The third kappa shape index (κ3) is 2.87. The topological polar surface area (TPSA) is 31.2 Å². The molecule has 2 rings (SSSR count). The van der Waals surface area contributed by atoms with Crippen LogP contribution in [0.4, 0.5) is 0 Å². The first-order valence-electron chi connectivity index (χ1n) is 6.52. The average molecular weight is 257 g/mol. The number of benzene rings is 1. The molecule has 0 amide bonds. The molecule has 1 heterocycles. The quantitative estimate of drug-likeness (QED) is 0.786. The fraction of sp³-hybridized carbons (Fsp3) is 0.312. The summed E-state index contributed by atoms with van der Waals surface area (Å²) in [5.74, 6) is 0.415. The second-order valence-electron chi connectivity index (χ2n) is 4.71. The highest BCUT2D eigenvalue weighted by atomic mass is 16.5. The lowest BCUT2D eigenvalue weighted by molar-refractivity contribution is 0.354. The number of aromatic nitrogens is 1. The van der Waals surface area contributed by atoms with E-state index in [-0.39, 0.29) is 5.56 Å². The van der Waals surface area contributed by atoms with Gasteiger partial charge in [-0.3, -0.25) is 4.79 Å². The Bertz CT molecular complexity index is 664. The molecule has 0 aliphatic carbocycles. The van der Waals surface area contributed by atoms with E-state index in [1.54, 1.807) is 4.57 Å². The molecule has 0 unspecified atom stereocenters. The molecule has 1 aromatic heterocycles. The van der Waals surface area contributed by atoms with Gasteiger partial charge in [-0.05, 0) is 39.0 Å². The van der Waals surface area contributed by atoms with Gasteiger partial charge in [-0.15, -0.1) is 0 Å². The van der Waals surface area contributed by atoms with Gasteiger partial charge in [0.15, 0.2) is 5.75 Å². The minimum atomic E-state index is -0.0663. The number of rotatable bonds is 4. The smallest absolute Gasteiger partial charge is 0.293 e. The highest BCUT2D eigenvalue weighted by Crippen LogP contribution is 2.17. The predicted octanol–water partition coefficient (Wildman–Crippen LogP) is 3.37. The van der Waals surface area contributed by atoms with Gasteiger partial charge < -0.3 is 9.30 Å². The number of allylic oxidation sites excluding steroid dienone is 1. The number of ether oxygens (including phenoxy) is 1. The van der Waals surface area contributed by atoms with Gasteiger partial charge in [0.25, 0.3) is 5.56 Å². The first-order chi connectivity index (χ1) is 9.13. The van der Waals surface area contributed by atoms with Crippen LogP contribution in [0.2, 0.25) is 0 Å². The zero-order chi connectivity index (χ0) is 13.8. The van der Waals surface area contributed by atoms with Crippen LogP contribution in [-0.4, -0.2) is 11.2 Å². The second kappa shape index (κ2) is 5.74. The molecule has 3 heteroatoms. The number of hydrogen-bond acceptors (Lipinski definition) is 2. The molecule has 1 aromatic carbocycles. The van der Waals surface area contributed by atoms with Crippen molar-refractivity contribution in [2.45, 2.75) is 27.3 Å². The van der Waals surface area contributed by atoms with Crippen molar-refractivity contribution in [2.75, 3.05) is 6.61 Å². The molecule has 2 aromatic rings. The van der Waals surface area contributed by atoms with E-state index in [4.69, 9.17) is 4.74 Å². The van der Waals surface area contributed by atoms with Gasteiger partial charge in [-0.2, -0.15) is 0 Å². The molecule has 3 nitrogen and oxygen atoms in total. The van der Waals surface area contributed by atoms with Crippen molar-refractivity contribution >= 4 is 10.9 Å². The summed E-state index contributed by atoms with van der Waals surface area (Å²) in [6.45, 7) is 7.05. The van der Waals surface area contributed by atoms with Crippen LogP contribution in [0.25, 0.3) is 10.9 Å². The van der Waals surface area contributed by atoms with Crippen LogP contribution in [0.3, 0.4) is 0 Å². The van der Waals surface area contributed by atoms with Gasteiger partial charge in [-0.25, -0.2) is 0 Å². The summed E-state index contributed by atoms with van der Waals surface area (Å²) < 4.78 is 7.33. The Balaban J connectivity index is 2.47. The third-order valence-electron chi connectivity index (χ3n) is 3.02. The molecule has 0 aliphatic heterocycles. The molecule has 0 spiro atoms. The summed E-state index contributed by atoms with van der Waals surface area (Å²) in [5, 5.41) is 1.02. The largest absolute Gasteiger partial charge is 0.484 e. The molecule has 0 N–H and O–H groups in total. The maximum Gasteiger partial charge on any atom is 0.293 e. The number of para-hydroxylation sites is 1. The highest BCUT2D eigenvalue weighted by molar-refractivity contribution is 5.80. The average Bonchev–Trinajstić information content (AvgIpc) is 2.39. The summed E-state index contributed by atoms with van der Waals surface area (Å²) in [7, 11) is 0. The molecular weight excluding hydrogens is 238 g/mol. The molecule has 0 aliphatic rings. The van der Waals surface area contributed by atoms with Crippen LogP contribution in [0, 0.1) is 0 Å². The Morgan fingerprint density at radius 1 is 1.32 bits per heavy atom. The van der Waals surface area contributed by atoms with Gasteiger partial charge in [0.2, 0.25) is 0 Å². The molecule has 0 atom stereocenters. The van der Waals surface area contributed by atoms with E-state index in [0.29, 0.717) is 18.9 Å². The number of pyridine rings is 1. The van der Waals surface area contributed by atoms with Crippen molar-refractivity contribution in [2.24, 2.45) is 0 Å². The van der Waals surface area contributed by atoms with Crippen molar-refractivity contribution in [3.05, 3.63) is 52.3 Å². The van der Waals surface area contributed by atoms with E-state index in [9.17, 15) is 4.79 Å². The van der Waals surface area contributed by atoms with E-state index in [1.165, 1.54) is 5.57 Å². The van der Waals surface area contributed by atoms with Crippen molar-refractivity contribution in [1.29, 1.82) is 0 Å². The standard InChI is InChI=1S/C16H19NO2/c1-4-17-14-8-6-5-7-13(14)11-15(16(17)18)19-10-9-12(2)3/h5-9,11H,4,10H2,1-3H3. The molecular formula is C16H19NO2. The number of aryl methyl sites for hydroxylation is 1. The SMILES string of the molecule is CCn1c(=O)c(OCC=C(C)C)cc2ccccc21. The van der Waals surface area contributed by atoms with Gasteiger partial charge in [-0.1, -0.05) is 23.8 Å². The van der Waals surface area contributed by atoms with Crippen molar-refractivity contribution in [3.63, 3.8) is 0 Å². The Kier molecular flexibility index (Phi) is 4.05. The van der Waals surface area contributed by atoms with Crippen LogP contribution in [0.5, 0.6) is 5.75 Å². The van der Waals surface area contributed by atoms with Gasteiger partial charge >= 0.3 is 0 Å². The monoisotopic (exact) mass is 257 g/mol. The lowest BCUT2D eigenvalue weighted by atomic mass is 10.2. The molecule has 100 valence electrons. The first-order valence-corrected chi connectivity index (χ1v) is 6.52. The predicted molar refractivity (Wildman–Crippen MR) is 78.8 cm³/mol. The molecule has 19 heavy (non-hydrogen) atoms. The summed E-state index contributed by atoms with van der Waals surface area (Å²) >= 11 is 0. The zero-order valence-electron chi connectivity index (χ0n) is 11.6. The van der Waals surface area contributed by atoms with E-state index >= 15 is 0 Å². The van der Waals surface area contributed by atoms with Crippen molar-refractivity contribution in [1.82, 2.24) is 4.57 Å². The number of nitrogens with zero attached hydrogens (tertiary/aromatic N) is 1. The van der Waals surface area contributed by atoms with Gasteiger partial charge in [0.1, 0.15) is 6.61 Å². The lowest BCUT2D eigenvalue weighted by Crippen LogP contribution is -2.21. The maximum absolute atomic E-state index is 12.3. The van der Waals surface area contributed by atoms with E-state index in [1.807, 2.05) is 57.2 Å². The Hall–Kier alpha value is -2.03. The molecule has 0 radical (unpaired) electrons. The fourth-order valence-corrected chi connectivity index (χ4v) is 2.02. The second-order valence-corrected chi connectivity index (χ2v) is 4.71. The van der Waals surface area contributed by atoms with Crippen LogP contribution < -0.4 is 10.3 Å². The summed E-state index contributed by atoms with van der Waals surface area (Å²) in [6, 6.07) is 9.68. The summed E-state index contributed by atoms with van der Waals surface area (Å²) in [5.41, 5.74) is 2.06. The van der Waals surface area contributed by atoms with Gasteiger partial charge in [0, 0.05) is 11.9 Å². The summed E-state index contributed by atoms with van der Waals surface area (Å²) in [6.07, 6.45) is 1.96. The first kappa shape index (κ1) is 13.4. The lowest BCUT2D eigenvalue weighted by Gasteiger charge is -2.11. The Labute approximate surface area is 113 Å². The van der Waals surface area contributed by atoms with Crippen LogP contribution in [0.15, 0.2) is 46.8 Å². The van der Waals surface area contributed by atoms with E-state index < -0.39 is 0 Å².